The molecule has 12 aromatic rings. The van der Waals surface area contributed by atoms with Gasteiger partial charge >= 0.3 is 0 Å². The zero-order valence-electron chi connectivity index (χ0n) is 67.8. The molecule has 0 saturated carbocycles. The molecule has 0 aliphatic heterocycles. The van der Waals surface area contributed by atoms with Crippen molar-refractivity contribution in [1.82, 2.24) is 9.13 Å². The summed E-state index contributed by atoms with van der Waals surface area (Å²) in [5, 5.41) is 31.0. The number of aromatic hydroxyl groups is 2. The minimum atomic E-state index is -0.454. The third kappa shape index (κ3) is 15.4. The van der Waals surface area contributed by atoms with E-state index >= 15 is 8.78 Å². The van der Waals surface area contributed by atoms with Crippen LogP contribution in [-0.4, -0.2) is 32.6 Å². The lowest BCUT2D eigenvalue weighted by Crippen LogP contribution is -2.25. The Hall–Kier alpha value is -9.14. The lowest BCUT2D eigenvalue weighted by Gasteiger charge is -2.34. The van der Waals surface area contributed by atoms with Crippen LogP contribution in [0.25, 0.3) is 99.5 Å². The van der Waals surface area contributed by atoms with Crippen molar-refractivity contribution in [2.24, 2.45) is 10.8 Å². The van der Waals surface area contributed by atoms with Crippen LogP contribution < -0.4 is 9.47 Å². The molecule has 0 aliphatic carbocycles. The number of ether oxygens (including phenoxy) is 2. The van der Waals surface area contributed by atoms with E-state index in [1.54, 1.807) is 0 Å². The second-order valence-corrected chi connectivity index (χ2v) is 38.2. The Morgan fingerprint density at radius 1 is 0.349 bits per heavy atom. The molecular weight excluding hydrogens is 1310 g/mol. The topological polar surface area (TPSA) is 68.8 Å². The van der Waals surface area contributed by atoms with Crippen molar-refractivity contribution in [1.29, 1.82) is 0 Å². The predicted molar refractivity (Wildman–Crippen MR) is 445 cm³/mol. The molecule has 2 aromatic heterocycles. The van der Waals surface area contributed by atoms with E-state index < -0.39 is 22.5 Å². The fourth-order valence-corrected chi connectivity index (χ4v) is 16.6. The molecule has 0 fully saturated rings. The van der Waals surface area contributed by atoms with Crippen LogP contribution in [0.1, 0.15) is 223 Å². The van der Waals surface area contributed by atoms with Crippen molar-refractivity contribution >= 4 is 43.6 Å². The highest BCUT2D eigenvalue weighted by Crippen LogP contribution is 2.52. The molecule has 0 saturated heterocycles. The molecule has 2 heterocycles. The van der Waals surface area contributed by atoms with Crippen LogP contribution in [-0.2, 0) is 38.9 Å². The second-order valence-electron chi connectivity index (χ2n) is 38.2. The van der Waals surface area contributed by atoms with E-state index in [0.717, 1.165) is 89.8 Å². The fourth-order valence-electron chi connectivity index (χ4n) is 16.6. The lowest BCUT2D eigenvalue weighted by atomic mass is 9.71. The Bertz CT molecular complexity index is 5310. The maximum Gasteiger partial charge on any atom is 0.147 e. The number of rotatable bonds is 17. The fraction of sp³-hybridized carbons (Fsp3) is 0.388. The van der Waals surface area contributed by atoms with Gasteiger partial charge in [-0.2, -0.15) is 0 Å². The summed E-state index contributed by atoms with van der Waals surface area (Å²) in [6.07, 6.45) is 2.47. The van der Waals surface area contributed by atoms with Gasteiger partial charge in [-0.1, -0.05) is 256 Å². The van der Waals surface area contributed by atoms with Gasteiger partial charge in [-0.15, -0.1) is 0 Å². The number of aromatic nitrogens is 2. The SMILES string of the molecule is CCc1cc(F)cc(-c2cc(C(C)(C)CC(C)(C)C)cc(-n3c4ccccc4c4ccc(-c5cc(C(C)(C)C)cc(C(C)(C)C)c5)cc43)c2O)c1OCCCOc1c(C)cc(F)cc1-c1cc(C(C)(C)CC(C)(C)C)cc(-n2c3ccccc3c3ccc(-c4cc(C(C)(C)C)cc(C(C)(C)C)c4)cc32)c1O. The van der Waals surface area contributed by atoms with Gasteiger partial charge in [0.2, 0.25) is 0 Å². The Balaban J connectivity index is 0.948. The number of hydrogen-bond acceptors (Lipinski definition) is 4. The number of aryl methyl sites for hydroxylation is 2. The normalized spacial score (nSPS) is 13.1. The van der Waals surface area contributed by atoms with Crippen LogP contribution in [0.4, 0.5) is 8.78 Å². The summed E-state index contributed by atoms with van der Waals surface area (Å²) in [4.78, 5) is 0. The van der Waals surface area contributed by atoms with Gasteiger partial charge in [-0.25, -0.2) is 8.78 Å². The molecule has 2 N–H and O–H groups in total. The molecule has 0 amide bonds. The number of halogens is 2. The van der Waals surface area contributed by atoms with Crippen LogP contribution in [0.15, 0.2) is 170 Å². The highest BCUT2D eigenvalue weighted by molar-refractivity contribution is 6.12. The summed E-state index contributed by atoms with van der Waals surface area (Å²) in [7, 11) is 0. The van der Waals surface area contributed by atoms with E-state index in [-0.39, 0.29) is 57.2 Å². The van der Waals surface area contributed by atoms with Crippen LogP contribution >= 0.6 is 0 Å². The van der Waals surface area contributed by atoms with E-state index in [1.807, 2.05) is 38.1 Å². The monoisotopic (exact) mass is 1420 g/mol. The van der Waals surface area contributed by atoms with Crippen molar-refractivity contribution in [3.63, 3.8) is 0 Å². The molecule has 554 valence electrons. The number of phenolic OH excluding ortho intramolecular Hbond substituents is 2. The number of fused-ring (bicyclic) bond motifs is 6. The zero-order chi connectivity index (χ0) is 77.1. The molecule has 10 aromatic carbocycles. The minimum Gasteiger partial charge on any atom is -0.505 e. The zero-order valence-corrected chi connectivity index (χ0v) is 67.8. The molecule has 0 radical (unpaired) electrons. The van der Waals surface area contributed by atoms with E-state index in [2.05, 4.69) is 283 Å². The summed E-state index contributed by atoms with van der Waals surface area (Å²) in [6, 6.07) is 58.5. The van der Waals surface area contributed by atoms with Crippen LogP contribution in [0.3, 0.4) is 0 Å². The van der Waals surface area contributed by atoms with Gasteiger partial charge in [0.15, 0.2) is 0 Å². The molecule has 8 heteroatoms. The van der Waals surface area contributed by atoms with Gasteiger partial charge in [0, 0.05) is 50.2 Å². The largest absolute Gasteiger partial charge is 0.505 e. The summed E-state index contributed by atoms with van der Waals surface area (Å²) >= 11 is 0. The van der Waals surface area contributed by atoms with Gasteiger partial charge in [0.05, 0.1) is 46.7 Å². The molecule has 106 heavy (non-hydrogen) atoms. The van der Waals surface area contributed by atoms with E-state index in [9.17, 15) is 10.2 Å². The average Bonchev–Trinajstić information content (AvgIpc) is 1.35. The van der Waals surface area contributed by atoms with E-state index in [4.69, 9.17) is 9.47 Å². The maximum absolute atomic E-state index is 16.6. The number of nitrogens with zero attached hydrogens (tertiary/aromatic N) is 2. The highest BCUT2D eigenvalue weighted by atomic mass is 19.1. The molecule has 6 nitrogen and oxygen atoms in total. The first-order chi connectivity index (χ1) is 49.3. The third-order valence-corrected chi connectivity index (χ3v) is 21.6. The van der Waals surface area contributed by atoms with Crippen molar-refractivity contribution in [2.75, 3.05) is 13.2 Å². The van der Waals surface area contributed by atoms with Crippen molar-refractivity contribution in [2.45, 2.75) is 224 Å². The van der Waals surface area contributed by atoms with Gasteiger partial charge in [-0.3, -0.25) is 0 Å². The maximum atomic E-state index is 16.6. The van der Waals surface area contributed by atoms with Crippen LogP contribution in [0.2, 0.25) is 0 Å². The predicted octanol–water partition coefficient (Wildman–Crippen LogP) is 27.6. The van der Waals surface area contributed by atoms with Gasteiger partial charge < -0.3 is 28.8 Å². The summed E-state index contributed by atoms with van der Waals surface area (Å²) < 4.78 is 51.4. The molecule has 0 spiro atoms. The smallest absolute Gasteiger partial charge is 0.147 e. The molecule has 0 atom stereocenters. The molecule has 0 unspecified atom stereocenters. The highest BCUT2D eigenvalue weighted by Gasteiger charge is 2.35. The Kier molecular flexibility index (Phi) is 19.9. The van der Waals surface area contributed by atoms with E-state index in [0.29, 0.717) is 69.1 Å². The lowest BCUT2D eigenvalue weighted by molar-refractivity contribution is 0.246. The summed E-state index contributed by atoms with van der Waals surface area (Å²) in [5.74, 6) is 0.0340. The molecule has 0 aliphatic rings. The summed E-state index contributed by atoms with van der Waals surface area (Å²) in [6.45, 7) is 53.9. The number of para-hydroxylation sites is 2. The number of hydrogen-bond donors (Lipinski definition) is 2. The number of phenols is 2. The third-order valence-electron chi connectivity index (χ3n) is 21.6. The van der Waals surface area contributed by atoms with Gasteiger partial charge in [-0.05, 0) is 209 Å². The van der Waals surface area contributed by atoms with Crippen molar-refractivity contribution in [3.05, 3.63) is 226 Å². The average molecular weight is 1420 g/mol. The standard InChI is InChI=1S/C98H114F2N2O4/c1-25-60-46-72(100)56-80(78-52-70(98(23,24)58-92(6,7)8)54-86(88(78)104)102-82-34-29-27-32-74(82)76-38-36-62(48-84(76)102)64-44-67(95(15,16)17)50-68(45-64)96(18,19)20)90(60)106-40-30-39-105-89-59(2)41-71(99)55-79(89)77-51-69(97(21,22)57-91(3,4)5)53-85(87(77)103)101-81-33-28-26-31-73(81)75-37-35-61(47-83(75)101)63-42-65(93(9,10)11)49-66(43-63)94(12,13)14/h26-29,31-38,41-56,103-104H,25,30,39-40,57-58H2,1-24H3. The van der Waals surface area contributed by atoms with Crippen molar-refractivity contribution in [3.8, 4) is 78.9 Å². The number of benzene rings is 10. The van der Waals surface area contributed by atoms with Gasteiger partial charge in [0.25, 0.3) is 0 Å². The Labute approximate surface area is 630 Å². The molecule has 12 rings (SSSR count). The van der Waals surface area contributed by atoms with Crippen LogP contribution in [0, 0.1) is 29.4 Å². The first-order valence-corrected chi connectivity index (χ1v) is 38.3. The first kappa shape index (κ1) is 76.5. The second kappa shape index (κ2) is 27.6. The molecular formula is C98H114F2N2O4. The van der Waals surface area contributed by atoms with Crippen LogP contribution in [0.5, 0.6) is 23.0 Å². The van der Waals surface area contributed by atoms with Crippen molar-refractivity contribution < 1.29 is 28.5 Å². The minimum absolute atomic E-state index is 0.000929. The van der Waals surface area contributed by atoms with E-state index in [1.165, 1.54) is 46.5 Å². The first-order valence-electron chi connectivity index (χ1n) is 38.3. The Morgan fingerprint density at radius 3 is 1.08 bits per heavy atom. The Morgan fingerprint density at radius 2 is 0.708 bits per heavy atom. The quantitative estimate of drug-likeness (QED) is 0.0892. The van der Waals surface area contributed by atoms with Gasteiger partial charge in [0.1, 0.15) is 34.6 Å². The molecule has 0 bridgehead atoms. The summed E-state index contributed by atoms with van der Waals surface area (Å²) in [5.41, 5.74) is 18.0.